The van der Waals surface area contributed by atoms with Gasteiger partial charge in [-0.15, -0.1) is 11.3 Å². The van der Waals surface area contributed by atoms with Crippen molar-refractivity contribution in [1.82, 2.24) is 4.98 Å². The summed E-state index contributed by atoms with van der Waals surface area (Å²) in [5.74, 6) is -1.93. The number of carbonyl (C=O) groups excluding carboxylic acids is 1. The van der Waals surface area contributed by atoms with Crippen molar-refractivity contribution in [2.24, 2.45) is 0 Å². The van der Waals surface area contributed by atoms with Crippen molar-refractivity contribution in [3.63, 3.8) is 0 Å². The molecular weight excluding hydrogens is 311 g/mol. The highest BCUT2D eigenvalue weighted by Crippen LogP contribution is 2.31. The number of aryl methyl sites for hydroxylation is 1. The van der Waals surface area contributed by atoms with Gasteiger partial charge in [0, 0.05) is 0 Å². The first-order chi connectivity index (χ1) is 8.58. The third-order valence-corrected chi connectivity index (χ3v) is 3.51. The molecule has 0 radical (unpaired) electrons. The highest BCUT2D eigenvalue weighted by molar-refractivity contribution is 7.88. The molecule has 11 heteroatoms. The number of aromatic nitrogens is 1. The van der Waals surface area contributed by atoms with Crippen LogP contribution in [-0.2, 0) is 14.9 Å². The summed E-state index contributed by atoms with van der Waals surface area (Å²) in [4.78, 5) is 14.4. The molecule has 1 aromatic rings. The van der Waals surface area contributed by atoms with Crippen LogP contribution in [0.2, 0.25) is 0 Å². The number of rotatable bonds is 4. The summed E-state index contributed by atoms with van der Waals surface area (Å²) in [6.45, 7) is 2.83. The number of nitrogens with zero attached hydrogens (tertiary/aromatic N) is 1. The van der Waals surface area contributed by atoms with Gasteiger partial charge in [-0.05, 0) is 13.8 Å². The van der Waals surface area contributed by atoms with E-state index in [1.807, 2.05) is 0 Å². The van der Waals surface area contributed by atoms with Crippen LogP contribution in [0.3, 0.4) is 0 Å². The van der Waals surface area contributed by atoms with E-state index >= 15 is 0 Å². The normalized spacial score (nSPS) is 12.3. The second-order valence-corrected chi connectivity index (χ2v) is 5.81. The van der Waals surface area contributed by atoms with Crippen molar-refractivity contribution < 1.29 is 35.3 Å². The zero-order valence-corrected chi connectivity index (χ0v) is 11.3. The molecule has 1 aromatic heterocycles. The molecule has 0 N–H and O–H groups in total. The fourth-order valence-electron chi connectivity index (χ4n) is 0.941. The molecule has 1 rings (SSSR count). The number of hydrogen-bond donors (Lipinski definition) is 0. The maximum Gasteiger partial charge on any atom is 0.534 e. The molecule has 19 heavy (non-hydrogen) atoms. The van der Waals surface area contributed by atoms with Crippen LogP contribution in [0.5, 0.6) is 5.88 Å². The number of hydrogen-bond acceptors (Lipinski definition) is 7. The first-order valence-corrected chi connectivity index (χ1v) is 6.96. The molecule has 0 atom stereocenters. The second-order valence-electron chi connectivity index (χ2n) is 3.07. The van der Waals surface area contributed by atoms with E-state index in [0.717, 1.165) is 0 Å². The van der Waals surface area contributed by atoms with E-state index in [2.05, 4.69) is 13.9 Å². The molecular formula is C8H8F3NO5S2. The van der Waals surface area contributed by atoms with Crippen LogP contribution in [0.1, 0.15) is 21.6 Å². The smallest absolute Gasteiger partial charge is 0.462 e. The minimum atomic E-state index is -5.87. The lowest BCUT2D eigenvalue weighted by molar-refractivity contribution is -0.0501. The zero-order valence-electron chi connectivity index (χ0n) is 9.65. The molecule has 0 aliphatic carbocycles. The van der Waals surface area contributed by atoms with Gasteiger partial charge in [-0.2, -0.15) is 21.6 Å². The Bertz CT molecular complexity index is 578. The largest absolute Gasteiger partial charge is 0.534 e. The third-order valence-electron chi connectivity index (χ3n) is 1.64. The molecule has 0 spiro atoms. The molecule has 0 aliphatic heterocycles. The lowest BCUT2D eigenvalue weighted by Gasteiger charge is -2.08. The first-order valence-electron chi connectivity index (χ1n) is 4.73. The maximum absolute atomic E-state index is 12.2. The Hall–Kier alpha value is -1.36. The summed E-state index contributed by atoms with van der Waals surface area (Å²) in [5.41, 5.74) is -5.60. The molecule has 108 valence electrons. The topological polar surface area (TPSA) is 82.6 Å². The Morgan fingerprint density at radius 2 is 2.00 bits per heavy atom. The Morgan fingerprint density at radius 3 is 2.47 bits per heavy atom. The summed E-state index contributed by atoms with van der Waals surface area (Å²) in [5, 5.41) is 0.162. The monoisotopic (exact) mass is 319 g/mol. The summed E-state index contributed by atoms with van der Waals surface area (Å²) in [7, 11) is -5.87. The molecule has 6 nitrogen and oxygen atoms in total. The van der Waals surface area contributed by atoms with Gasteiger partial charge in [-0.3, -0.25) is 0 Å². The van der Waals surface area contributed by atoms with Gasteiger partial charge in [0.1, 0.15) is 0 Å². The average molecular weight is 319 g/mol. The molecule has 0 aliphatic rings. The number of alkyl halides is 3. The van der Waals surface area contributed by atoms with Gasteiger partial charge < -0.3 is 8.92 Å². The summed E-state index contributed by atoms with van der Waals surface area (Å²) >= 11 is 0.671. The second kappa shape index (κ2) is 5.33. The predicted octanol–water partition coefficient (Wildman–Crippen LogP) is 1.86. The summed E-state index contributed by atoms with van der Waals surface area (Å²) in [6, 6.07) is 0. The predicted molar refractivity (Wildman–Crippen MR) is 58.4 cm³/mol. The number of esters is 1. The van der Waals surface area contributed by atoms with Gasteiger partial charge in [0.25, 0.3) is 5.88 Å². The minimum absolute atomic E-state index is 0.0265. The van der Waals surface area contributed by atoms with Crippen molar-refractivity contribution in [2.45, 2.75) is 19.4 Å². The average Bonchev–Trinajstić information content (AvgIpc) is 2.57. The van der Waals surface area contributed by atoms with Crippen molar-refractivity contribution in [2.75, 3.05) is 6.61 Å². The molecule has 0 bridgehead atoms. The van der Waals surface area contributed by atoms with Crippen molar-refractivity contribution in [1.29, 1.82) is 0 Å². The maximum atomic E-state index is 12.2. The van der Waals surface area contributed by atoms with Crippen molar-refractivity contribution >= 4 is 27.4 Å². The quantitative estimate of drug-likeness (QED) is 0.478. The third kappa shape index (κ3) is 3.56. The molecule has 0 fully saturated rings. The highest BCUT2D eigenvalue weighted by atomic mass is 32.2. The highest BCUT2D eigenvalue weighted by Gasteiger charge is 2.49. The van der Waals surface area contributed by atoms with Crippen LogP contribution in [0, 0.1) is 6.92 Å². The lowest BCUT2D eigenvalue weighted by Crippen LogP contribution is -2.28. The molecule has 0 saturated carbocycles. The van der Waals surface area contributed by atoms with E-state index in [1.165, 1.54) is 13.8 Å². The molecule has 0 saturated heterocycles. The Balaban J connectivity index is 3.13. The Kier molecular flexibility index (Phi) is 4.40. The molecule has 0 amide bonds. The van der Waals surface area contributed by atoms with Gasteiger partial charge >= 0.3 is 21.6 Å². The summed E-state index contributed by atoms with van der Waals surface area (Å²) < 4.78 is 66.5. The number of carbonyl (C=O) groups is 1. The Labute approximate surface area is 110 Å². The van der Waals surface area contributed by atoms with Gasteiger partial charge in [0.2, 0.25) is 0 Å². The van der Waals surface area contributed by atoms with Crippen LogP contribution < -0.4 is 4.18 Å². The van der Waals surface area contributed by atoms with Crippen molar-refractivity contribution in [3.8, 4) is 5.88 Å². The Morgan fingerprint density at radius 1 is 1.42 bits per heavy atom. The molecule has 0 unspecified atom stereocenters. The van der Waals surface area contributed by atoms with E-state index in [0.29, 0.717) is 11.3 Å². The van der Waals surface area contributed by atoms with E-state index in [4.69, 9.17) is 0 Å². The van der Waals surface area contributed by atoms with Crippen LogP contribution in [-0.4, -0.2) is 31.5 Å². The van der Waals surface area contributed by atoms with Crippen molar-refractivity contribution in [3.05, 3.63) is 9.88 Å². The van der Waals surface area contributed by atoms with E-state index in [9.17, 15) is 26.4 Å². The van der Waals surface area contributed by atoms with Crippen LogP contribution in [0.4, 0.5) is 13.2 Å². The summed E-state index contributed by atoms with van der Waals surface area (Å²) in [6.07, 6.45) is 0. The SMILES string of the molecule is CCOC(=O)c1sc(C)nc1OS(=O)(=O)C(F)(F)F. The van der Waals surface area contributed by atoms with E-state index in [1.54, 1.807) is 0 Å². The zero-order chi connectivity index (χ0) is 14.8. The minimum Gasteiger partial charge on any atom is -0.462 e. The first kappa shape index (κ1) is 15.7. The van der Waals surface area contributed by atoms with Crippen LogP contribution in [0.25, 0.3) is 0 Å². The van der Waals surface area contributed by atoms with Gasteiger partial charge in [-0.25, -0.2) is 9.78 Å². The fourth-order valence-corrected chi connectivity index (χ4v) is 2.16. The van der Waals surface area contributed by atoms with Crippen LogP contribution >= 0.6 is 11.3 Å². The lowest BCUT2D eigenvalue weighted by atomic mass is 10.5. The fraction of sp³-hybridized carbons (Fsp3) is 0.500. The van der Waals surface area contributed by atoms with Gasteiger partial charge in [-0.1, -0.05) is 0 Å². The number of thiazole rings is 1. The van der Waals surface area contributed by atoms with Crippen LogP contribution in [0.15, 0.2) is 0 Å². The number of halogens is 3. The number of ether oxygens (including phenoxy) is 1. The molecule has 1 heterocycles. The van der Waals surface area contributed by atoms with Gasteiger partial charge in [0.05, 0.1) is 11.6 Å². The standard InChI is InChI=1S/C8H8F3NO5S2/c1-3-16-7(13)5-6(12-4(2)18-5)17-19(14,15)8(9,10)11/h3H2,1-2H3. The van der Waals surface area contributed by atoms with E-state index < -0.39 is 32.4 Å². The molecule has 0 aromatic carbocycles. The van der Waals surface area contributed by atoms with E-state index in [-0.39, 0.29) is 11.6 Å². The van der Waals surface area contributed by atoms with Gasteiger partial charge in [0.15, 0.2) is 4.88 Å².